The fourth-order valence-corrected chi connectivity index (χ4v) is 5.42. The van der Waals surface area contributed by atoms with Crippen molar-refractivity contribution >= 4 is 40.0 Å². The molecule has 1 aromatic carbocycles. The third-order valence-corrected chi connectivity index (χ3v) is 7.85. The molecule has 0 atom stereocenters. The molecule has 6 nitrogen and oxygen atoms in total. The number of aryl methyl sites for hydroxylation is 1. The first-order chi connectivity index (χ1) is 14.3. The van der Waals surface area contributed by atoms with E-state index in [2.05, 4.69) is 59.8 Å². The van der Waals surface area contributed by atoms with Crippen LogP contribution in [0.4, 0.5) is 0 Å². The van der Waals surface area contributed by atoms with Crippen LogP contribution in [-0.4, -0.2) is 57.2 Å². The molecule has 0 saturated carbocycles. The first-order valence-electron chi connectivity index (χ1n) is 11.2. The molecule has 2 rings (SSSR count). The van der Waals surface area contributed by atoms with Crippen molar-refractivity contribution in [1.29, 1.82) is 0 Å². The Hall–Kier alpha value is -0.870. The Kier molecular flexibility index (Phi) is 12.4. The largest absolute Gasteiger partial charge is 0.356 e. The van der Waals surface area contributed by atoms with Crippen molar-refractivity contribution in [2.45, 2.75) is 65.3 Å². The van der Waals surface area contributed by atoms with Gasteiger partial charge < -0.3 is 10.6 Å². The van der Waals surface area contributed by atoms with Crippen molar-refractivity contribution in [2.24, 2.45) is 10.4 Å². The Labute approximate surface area is 206 Å². The maximum absolute atomic E-state index is 12.2. The van der Waals surface area contributed by atoms with Crippen molar-refractivity contribution in [1.82, 2.24) is 14.9 Å². The lowest BCUT2D eigenvalue weighted by atomic mass is 9.86. The van der Waals surface area contributed by atoms with Gasteiger partial charge in [-0.15, -0.1) is 24.0 Å². The monoisotopic (exact) mass is 564 g/mol. The summed E-state index contributed by atoms with van der Waals surface area (Å²) < 4.78 is 26.1. The van der Waals surface area contributed by atoms with Gasteiger partial charge in [-0.05, 0) is 49.5 Å². The van der Waals surface area contributed by atoms with E-state index in [1.165, 1.54) is 5.56 Å². The number of nitrogens with one attached hydrogen (secondary N) is 2. The average molecular weight is 565 g/mol. The molecule has 0 unspecified atom stereocenters. The van der Waals surface area contributed by atoms with Gasteiger partial charge in [0.2, 0.25) is 10.0 Å². The van der Waals surface area contributed by atoms with Crippen LogP contribution in [0.1, 0.15) is 58.4 Å². The molecule has 0 spiro atoms. The fourth-order valence-electron chi connectivity index (χ4n) is 3.88. The zero-order valence-electron chi connectivity index (χ0n) is 19.6. The zero-order valence-corrected chi connectivity index (χ0v) is 22.7. The molecule has 1 heterocycles. The standard InChI is InChI=1S/C23H40N4O2S.HI/c1-5-18-30(28,29)27-16-13-21(14-17-27)26-22(24-4)25-19-23(2,3)15-9-12-20-10-7-6-8-11-20;/h6-8,10-11,21H,5,9,12-19H2,1-4H3,(H2,24,25,26);1H. The first kappa shape index (κ1) is 28.2. The van der Waals surface area contributed by atoms with Gasteiger partial charge in [0, 0.05) is 32.7 Å². The molecular weight excluding hydrogens is 523 g/mol. The van der Waals surface area contributed by atoms with E-state index in [0.29, 0.717) is 19.5 Å². The summed E-state index contributed by atoms with van der Waals surface area (Å²) in [7, 11) is -1.30. The van der Waals surface area contributed by atoms with Gasteiger partial charge in [0.25, 0.3) is 0 Å². The molecule has 178 valence electrons. The highest BCUT2D eigenvalue weighted by Crippen LogP contribution is 2.22. The highest BCUT2D eigenvalue weighted by molar-refractivity contribution is 14.0. The lowest BCUT2D eigenvalue weighted by Crippen LogP contribution is -2.51. The summed E-state index contributed by atoms with van der Waals surface area (Å²) in [4.78, 5) is 4.37. The van der Waals surface area contributed by atoms with Crippen LogP contribution in [0.15, 0.2) is 35.3 Å². The van der Waals surface area contributed by atoms with Gasteiger partial charge in [-0.3, -0.25) is 4.99 Å². The summed E-state index contributed by atoms with van der Waals surface area (Å²) in [6.45, 7) is 8.50. The summed E-state index contributed by atoms with van der Waals surface area (Å²) in [6.07, 6.45) is 5.69. The van der Waals surface area contributed by atoms with E-state index in [0.717, 1.165) is 44.6 Å². The van der Waals surface area contributed by atoms with Crippen molar-refractivity contribution in [2.75, 3.05) is 32.4 Å². The third kappa shape index (κ3) is 10.1. The SMILES string of the molecule is CCCS(=O)(=O)N1CCC(NC(=NC)NCC(C)(C)CCCc2ccccc2)CC1.I. The Morgan fingerprint density at radius 1 is 1.19 bits per heavy atom. The number of benzene rings is 1. The van der Waals surface area contributed by atoms with Crippen LogP contribution in [0.3, 0.4) is 0 Å². The second-order valence-corrected chi connectivity index (χ2v) is 11.2. The van der Waals surface area contributed by atoms with Crippen molar-refractivity contribution in [3.8, 4) is 0 Å². The van der Waals surface area contributed by atoms with Gasteiger partial charge >= 0.3 is 0 Å². The van der Waals surface area contributed by atoms with E-state index in [1.807, 2.05) is 6.92 Å². The van der Waals surface area contributed by atoms with Crippen LogP contribution in [-0.2, 0) is 16.4 Å². The smallest absolute Gasteiger partial charge is 0.214 e. The maximum atomic E-state index is 12.2. The molecule has 8 heteroatoms. The molecule has 1 aliphatic rings. The number of rotatable bonds is 10. The Morgan fingerprint density at radius 3 is 2.42 bits per heavy atom. The van der Waals surface area contributed by atoms with Crippen LogP contribution in [0.5, 0.6) is 0 Å². The molecular formula is C23H41IN4O2S. The van der Waals surface area contributed by atoms with Crippen LogP contribution in [0.2, 0.25) is 0 Å². The second kappa shape index (κ2) is 13.6. The highest BCUT2D eigenvalue weighted by Gasteiger charge is 2.28. The third-order valence-electron chi connectivity index (χ3n) is 5.77. The van der Waals surface area contributed by atoms with E-state index in [1.54, 1.807) is 11.4 Å². The minimum absolute atomic E-state index is 0. The molecule has 0 radical (unpaired) electrons. The maximum Gasteiger partial charge on any atom is 0.214 e. The quantitative estimate of drug-likeness (QED) is 0.256. The second-order valence-electron chi connectivity index (χ2n) is 9.06. The first-order valence-corrected chi connectivity index (χ1v) is 12.9. The predicted octanol–water partition coefficient (Wildman–Crippen LogP) is 4.02. The Morgan fingerprint density at radius 2 is 1.84 bits per heavy atom. The molecule has 1 fully saturated rings. The molecule has 31 heavy (non-hydrogen) atoms. The van der Waals surface area contributed by atoms with E-state index in [4.69, 9.17) is 0 Å². The zero-order chi connectivity index (χ0) is 22.0. The molecule has 0 aromatic heterocycles. The van der Waals surface area contributed by atoms with Gasteiger partial charge in [0.1, 0.15) is 0 Å². The van der Waals surface area contributed by atoms with Crippen LogP contribution in [0, 0.1) is 5.41 Å². The number of guanidine groups is 1. The van der Waals surface area contributed by atoms with Crippen LogP contribution in [0.25, 0.3) is 0 Å². The van der Waals surface area contributed by atoms with Gasteiger partial charge in [-0.1, -0.05) is 51.1 Å². The minimum Gasteiger partial charge on any atom is -0.356 e. The van der Waals surface area contributed by atoms with Crippen molar-refractivity contribution < 1.29 is 8.42 Å². The van der Waals surface area contributed by atoms with Crippen molar-refractivity contribution in [3.05, 3.63) is 35.9 Å². The Bertz CT molecular complexity index is 761. The lowest BCUT2D eigenvalue weighted by Gasteiger charge is -2.33. The normalized spacial score (nSPS) is 16.6. The summed E-state index contributed by atoms with van der Waals surface area (Å²) >= 11 is 0. The topological polar surface area (TPSA) is 73.8 Å². The summed E-state index contributed by atoms with van der Waals surface area (Å²) in [5.74, 6) is 1.05. The van der Waals surface area contributed by atoms with E-state index in [9.17, 15) is 8.42 Å². The van der Waals surface area contributed by atoms with E-state index in [-0.39, 0.29) is 41.2 Å². The molecule has 1 aliphatic heterocycles. The van der Waals surface area contributed by atoms with Gasteiger partial charge in [0.05, 0.1) is 5.75 Å². The highest BCUT2D eigenvalue weighted by atomic mass is 127. The fraction of sp³-hybridized carbons (Fsp3) is 0.696. The number of piperidine rings is 1. The van der Waals surface area contributed by atoms with Gasteiger partial charge in [-0.25, -0.2) is 12.7 Å². The molecule has 0 aliphatic carbocycles. The van der Waals surface area contributed by atoms with Gasteiger partial charge in [0.15, 0.2) is 5.96 Å². The van der Waals surface area contributed by atoms with E-state index >= 15 is 0 Å². The summed E-state index contributed by atoms with van der Waals surface area (Å²) in [5.41, 5.74) is 1.57. The number of hydrogen-bond donors (Lipinski definition) is 2. The summed E-state index contributed by atoms with van der Waals surface area (Å²) in [5, 5.41) is 6.96. The van der Waals surface area contributed by atoms with E-state index < -0.39 is 10.0 Å². The number of halogens is 1. The summed E-state index contributed by atoms with van der Waals surface area (Å²) in [6, 6.07) is 10.9. The number of nitrogens with zero attached hydrogens (tertiary/aromatic N) is 2. The molecule has 0 amide bonds. The van der Waals surface area contributed by atoms with Crippen LogP contribution >= 0.6 is 24.0 Å². The van der Waals surface area contributed by atoms with Crippen LogP contribution < -0.4 is 10.6 Å². The number of hydrogen-bond acceptors (Lipinski definition) is 3. The molecule has 1 aromatic rings. The number of sulfonamides is 1. The molecule has 0 bridgehead atoms. The minimum atomic E-state index is -3.09. The Balaban J connectivity index is 0.00000480. The molecule has 1 saturated heterocycles. The van der Waals surface area contributed by atoms with Gasteiger partial charge in [-0.2, -0.15) is 0 Å². The number of aliphatic imine (C=N–C) groups is 1. The van der Waals surface area contributed by atoms with Crippen molar-refractivity contribution in [3.63, 3.8) is 0 Å². The predicted molar refractivity (Wildman–Crippen MR) is 142 cm³/mol. The molecule has 2 N–H and O–H groups in total. The lowest BCUT2D eigenvalue weighted by molar-refractivity contribution is 0.301. The average Bonchev–Trinajstić information content (AvgIpc) is 2.72.